The standard InChI is InChI=1S/C14H14ClNO3/c1-16-8-11(13(17)3-2-6-15)10-7-9(14(18)19)4-5-12(10)16/h4-5,7-8H,2-3,6H2,1H3,(H,18,19)/p-1. The number of carboxylic acid groups (broad SMARTS) is 1. The summed E-state index contributed by atoms with van der Waals surface area (Å²) in [6.45, 7) is 0. The van der Waals surface area contributed by atoms with E-state index in [1.807, 2.05) is 11.6 Å². The topological polar surface area (TPSA) is 62.1 Å². The normalized spacial score (nSPS) is 10.8. The Kier molecular flexibility index (Phi) is 3.90. The minimum atomic E-state index is -1.25. The van der Waals surface area contributed by atoms with E-state index in [0.29, 0.717) is 29.7 Å². The number of hydrogen-bond acceptors (Lipinski definition) is 3. The summed E-state index contributed by atoms with van der Waals surface area (Å²) in [5.41, 5.74) is 1.43. The second-order valence-corrected chi connectivity index (χ2v) is 4.77. The van der Waals surface area contributed by atoms with Gasteiger partial charge in [0.2, 0.25) is 0 Å². The number of halogens is 1. The first-order chi connectivity index (χ1) is 9.04. The summed E-state index contributed by atoms with van der Waals surface area (Å²) in [6, 6.07) is 4.64. The molecule has 0 bridgehead atoms. The number of Topliss-reactive ketones (excluding diaryl/α,β-unsaturated/α-hetero) is 1. The van der Waals surface area contributed by atoms with Gasteiger partial charge in [-0.3, -0.25) is 4.79 Å². The van der Waals surface area contributed by atoms with Gasteiger partial charge in [0.25, 0.3) is 0 Å². The summed E-state index contributed by atoms with van der Waals surface area (Å²) < 4.78 is 1.81. The molecule has 2 rings (SSSR count). The van der Waals surface area contributed by atoms with E-state index in [1.54, 1.807) is 12.3 Å². The quantitative estimate of drug-likeness (QED) is 0.618. The number of carbonyl (C=O) groups is 2. The number of carboxylic acids is 1. The monoisotopic (exact) mass is 278 g/mol. The number of benzene rings is 1. The maximum Gasteiger partial charge on any atom is 0.165 e. The molecule has 0 radical (unpaired) electrons. The summed E-state index contributed by atoms with van der Waals surface area (Å²) in [6.07, 6.45) is 2.69. The number of fused-ring (bicyclic) bond motifs is 1. The molecule has 0 fully saturated rings. The minimum absolute atomic E-state index is 0.0262. The van der Waals surface area contributed by atoms with Crippen molar-refractivity contribution in [1.29, 1.82) is 0 Å². The van der Waals surface area contributed by atoms with Crippen molar-refractivity contribution < 1.29 is 14.7 Å². The molecule has 0 saturated heterocycles. The Balaban J connectivity index is 2.51. The molecule has 0 unspecified atom stereocenters. The Morgan fingerprint density at radius 2 is 2.11 bits per heavy atom. The predicted octanol–water partition coefficient (Wildman–Crippen LogP) is 1.74. The fourth-order valence-electron chi connectivity index (χ4n) is 2.10. The molecular weight excluding hydrogens is 266 g/mol. The van der Waals surface area contributed by atoms with Gasteiger partial charge in [0.05, 0.1) is 5.97 Å². The first-order valence-electron chi connectivity index (χ1n) is 5.94. The lowest BCUT2D eigenvalue weighted by Crippen LogP contribution is -2.22. The molecule has 0 atom stereocenters. The lowest BCUT2D eigenvalue weighted by atomic mass is 10.0. The van der Waals surface area contributed by atoms with E-state index in [1.165, 1.54) is 12.1 Å². The Bertz CT molecular complexity index is 645. The van der Waals surface area contributed by atoms with Crippen molar-refractivity contribution in [2.75, 3.05) is 5.88 Å². The second kappa shape index (κ2) is 5.45. The highest BCUT2D eigenvalue weighted by Crippen LogP contribution is 2.23. The van der Waals surface area contributed by atoms with E-state index in [4.69, 9.17) is 11.6 Å². The van der Waals surface area contributed by atoms with Crippen LogP contribution in [-0.4, -0.2) is 22.2 Å². The van der Waals surface area contributed by atoms with Crippen molar-refractivity contribution in [1.82, 2.24) is 4.57 Å². The van der Waals surface area contributed by atoms with E-state index in [-0.39, 0.29) is 11.3 Å². The third-order valence-electron chi connectivity index (χ3n) is 3.06. The fraction of sp³-hybridized carbons (Fsp3) is 0.286. The Morgan fingerprint density at radius 1 is 1.37 bits per heavy atom. The average Bonchev–Trinajstić information content (AvgIpc) is 2.73. The van der Waals surface area contributed by atoms with E-state index >= 15 is 0 Å². The van der Waals surface area contributed by atoms with Crippen LogP contribution in [0.3, 0.4) is 0 Å². The number of aryl methyl sites for hydroxylation is 1. The van der Waals surface area contributed by atoms with Gasteiger partial charge in [0, 0.05) is 42.0 Å². The maximum atomic E-state index is 12.1. The highest BCUT2D eigenvalue weighted by Gasteiger charge is 2.14. The number of rotatable bonds is 5. The number of nitrogens with zero attached hydrogens (tertiary/aromatic N) is 1. The first kappa shape index (κ1) is 13.6. The van der Waals surface area contributed by atoms with Crippen molar-refractivity contribution in [3.63, 3.8) is 0 Å². The number of carbonyl (C=O) groups excluding carboxylic acids is 2. The van der Waals surface area contributed by atoms with E-state index in [9.17, 15) is 14.7 Å². The number of ketones is 1. The predicted molar refractivity (Wildman–Crippen MR) is 71.5 cm³/mol. The second-order valence-electron chi connectivity index (χ2n) is 4.39. The Labute approximate surface area is 115 Å². The van der Waals surface area contributed by atoms with Crippen LogP contribution < -0.4 is 5.11 Å². The summed E-state index contributed by atoms with van der Waals surface area (Å²) in [4.78, 5) is 23.0. The van der Waals surface area contributed by atoms with Crippen molar-refractivity contribution in [3.8, 4) is 0 Å². The number of hydrogen-bond donors (Lipinski definition) is 0. The molecule has 0 aliphatic heterocycles. The lowest BCUT2D eigenvalue weighted by Gasteiger charge is -2.03. The molecule has 100 valence electrons. The lowest BCUT2D eigenvalue weighted by molar-refractivity contribution is -0.255. The van der Waals surface area contributed by atoms with Crippen LogP contribution in [0.4, 0.5) is 0 Å². The van der Waals surface area contributed by atoms with Crippen molar-refractivity contribution in [2.45, 2.75) is 12.8 Å². The Hall–Kier alpha value is -1.81. The number of aromatic carboxylic acids is 1. The van der Waals surface area contributed by atoms with Crippen LogP contribution in [0.25, 0.3) is 10.9 Å². The third kappa shape index (κ3) is 2.63. The molecule has 0 spiro atoms. The van der Waals surface area contributed by atoms with Crippen LogP contribution in [0.1, 0.15) is 33.6 Å². The zero-order valence-electron chi connectivity index (χ0n) is 10.5. The summed E-state index contributed by atoms with van der Waals surface area (Å²) >= 11 is 5.58. The molecule has 0 amide bonds. The zero-order valence-corrected chi connectivity index (χ0v) is 11.2. The molecular formula is C14H13ClNO3-. The largest absolute Gasteiger partial charge is 0.545 e. The molecule has 0 aliphatic carbocycles. The molecule has 1 heterocycles. The first-order valence-corrected chi connectivity index (χ1v) is 6.47. The van der Waals surface area contributed by atoms with Gasteiger partial charge in [-0.1, -0.05) is 6.07 Å². The van der Waals surface area contributed by atoms with E-state index < -0.39 is 5.97 Å². The van der Waals surface area contributed by atoms with Gasteiger partial charge in [-0.2, -0.15) is 0 Å². The van der Waals surface area contributed by atoms with Crippen LogP contribution >= 0.6 is 11.6 Å². The smallest absolute Gasteiger partial charge is 0.165 e. The highest BCUT2D eigenvalue weighted by molar-refractivity contribution is 6.18. The van der Waals surface area contributed by atoms with Crippen molar-refractivity contribution in [3.05, 3.63) is 35.5 Å². The molecule has 2 aromatic rings. The molecule has 1 aromatic heterocycles. The van der Waals surface area contributed by atoms with Gasteiger partial charge in [0.15, 0.2) is 5.78 Å². The highest BCUT2D eigenvalue weighted by atomic mass is 35.5. The number of aromatic nitrogens is 1. The zero-order chi connectivity index (χ0) is 14.0. The van der Waals surface area contributed by atoms with Crippen LogP contribution in [0.15, 0.2) is 24.4 Å². The molecule has 0 aliphatic rings. The van der Waals surface area contributed by atoms with Crippen LogP contribution in [0.2, 0.25) is 0 Å². The van der Waals surface area contributed by atoms with Crippen molar-refractivity contribution in [2.24, 2.45) is 7.05 Å². The third-order valence-corrected chi connectivity index (χ3v) is 3.33. The van der Waals surface area contributed by atoms with Gasteiger partial charge >= 0.3 is 0 Å². The van der Waals surface area contributed by atoms with Crippen LogP contribution in [0.5, 0.6) is 0 Å². The molecule has 19 heavy (non-hydrogen) atoms. The fourth-order valence-corrected chi connectivity index (χ4v) is 2.24. The van der Waals surface area contributed by atoms with Gasteiger partial charge in [0.1, 0.15) is 0 Å². The molecule has 1 aromatic carbocycles. The van der Waals surface area contributed by atoms with Gasteiger partial charge < -0.3 is 14.5 Å². The minimum Gasteiger partial charge on any atom is -0.545 e. The SMILES string of the molecule is Cn1cc(C(=O)CCCCl)c2cc(C(=O)[O-])ccc21. The number of alkyl halides is 1. The average molecular weight is 279 g/mol. The van der Waals surface area contributed by atoms with Crippen LogP contribution in [-0.2, 0) is 7.05 Å². The molecule has 0 N–H and O–H groups in total. The maximum absolute atomic E-state index is 12.1. The summed E-state index contributed by atoms with van der Waals surface area (Å²) in [5, 5.41) is 11.5. The Morgan fingerprint density at radius 3 is 2.74 bits per heavy atom. The molecule has 5 heteroatoms. The van der Waals surface area contributed by atoms with E-state index in [0.717, 1.165) is 5.52 Å². The van der Waals surface area contributed by atoms with Gasteiger partial charge in [-0.25, -0.2) is 0 Å². The molecule has 0 saturated carbocycles. The molecule has 4 nitrogen and oxygen atoms in total. The van der Waals surface area contributed by atoms with E-state index in [2.05, 4.69) is 0 Å². The van der Waals surface area contributed by atoms with Gasteiger partial charge in [-0.05, 0) is 24.1 Å². The van der Waals surface area contributed by atoms with Crippen molar-refractivity contribution >= 4 is 34.3 Å². The van der Waals surface area contributed by atoms with Gasteiger partial charge in [-0.15, -0.1) is 11.6 Å². The summed E-state index contributed by atoms with van der Waals surface area (Å²) in [5.74, 6) is -0.840. The van der Waals surface area contributed by atoms with Crippen LogP contribution in [0, 0.1) is 0 Å². The summed E-state index contributed by atoms with van der Waals surface area (Å²) in [7, 11) is 1.82.